The molecule has 1 saturated heterocycles. The van der Waals surface area contributed by atoms with Crippen LogP contribution in [0.2, 0.25) is 0 Å². The van der Waals surface area contributed by atoms with Crippen LogP contribution in [0.25, 0.3) is 0 Å². The van der Waals surface area contributed by atoms with Crippen molar-refractivity contribution in [3.8, 4) is 0 Å². The predicted octanol–water partition coefficient (Wildman–Crippen LogP) is 2.71. The summed E-state index contributed by atoms with van der Waals surface area (Å²) in [6, 6.07) is 13.1. The number of aromatic nitrogens is 1. The van der Waals surface area contributed by atoms with Crippen LogP contribution in [0.3, 0.4) is 0 Å². The maximum atomic E-state index is 5.46. The molecule has 0 amide bonds. The van der Waals surface area contributed by atoms with Gasteiger partial charge in [-0.1, -0.05) is 35.5 Å². The van der Waals surface area contributed by atoms with Crippen LogP contribution in [0.15, 0.2) is 40.9 Å². The van der Waals surface area contributed by atoms with Crippen molar-refractivity contribution < 1.29 is 9.26 Å². The Bertz CT molecular complexity index is 608. The Balaban J connectivity index is 1.67. The Hall–Kier alpha value is -1.69. The standard InChI is InChI=1S/C19H27N3O2/c1-16(13-21-8-10-23-11-9-21)22(14-18-6-4-3-5-7-18)15-19-12-17(2)24-20-19/h3-7,12,16H,8-11,13-15H2,1-2H3/t16-/m0/s1. The second kappa shape index (κ2) is 8.42. The van der Waals surface area contributed by atoms with Crippen molar-refractivity contribution in [3.05, 3.63) is 53.4 Å². The van der Waals surface area contributed by atoms with E-state index in [0.717, 1.165) is 57.4 Å². The summed E-state index contributed by atoms with van der Waals surface area (Å²) in [4.78, 5) is 4.96. The second-order valence-electron chi connectivity index (χ2n) is 6.58. The number of nitrogens with zero attached hydrogens (tertiary/aromatic N) is 3. The molecule has 1 aromatic heterocycles. The molecular weight excluding hydrogens is 302 g/mol. The molecule has 130 valence electrons. The van der Waals surface area contributed by atoms with Crippen molar-refractivity contribution >= 4 is 0 Å². The molecular formula is C19H27N3O2. The molecule has 0 bridgehead atoms. The summed E-state index contributed by atoms with van der Waals surface area (Å²) in [5.74, 6) is 0.866. The van der Waals surface area contributed by atoms with Gasteiger partial charge < -0.3 is 9.26 Å². The first-order chi connectivity index (χ1) is 11.7. The summed E-state index contributed by atoms with van der Waals surface area (Å²) in [6.45, 7) is 10.7. The molecule has 2 heterocycles. The SMILES string of the molecule is Cc1cc(CN(Cc2ccccc2)[C@@H](C)CN2CCOCC2)no1. The van der Waals surface area contributed by atoms with Gasteiger partial charge in [0.15, 0.2) is 0 Å². The highest BCUT2D eigenvalue weighted by atomic mass is 16.5. The summed E-state index contributed by atoms with van der Waals surface area (Å²) in [5, 5.41) is 4.18. The first-order valence-corrected chi connectivity index (χ1v) is 8.71. The number of hydrogen-bond acceptors (Lipinski definition) is 5. The topological polar surface area (TPSA) is 41.7 Å². The third-order valence-electron chi connectivity index (χ3n) is 4.52. The summed E-state index contributed by atoms with van der Waals surface area (Å²) in [6.07, 6.45) is 0. The minimum atomic E-state index is 0.431. The smallest absolute Gasteiger partial charge is 0.133 e. The molecule has 3 rings (SSSR count). The van der Waals surface area contributed by atoms with Crippen LogP contribution in [0, 0.1) is 6.92 Å². The molecule has 0 saturated carbocycles. The molecule has 24 heavy (non-hydrogen) atoms. The number of morpholine rings is 1. The summed E-state index contributed by atoms with van der Waals surface area (Å²) < 4.78 is 10.7. The van der Waals surface area contributed by atoms with E-state index in [9.17, 15) is 0 Å². The van der Waals surface area contributed by atoms with Gasteiger partial charge in [-0.15, -0.1) is 0 Å². The number of benzene rings is 1. The number of aryl methyl sites for hydroxylation is 1. The van der Waals surface area contributed by atoms with Crippen LogP contribution in [0.5, 0.6) is 0 Å². The fraction of sp³-hybridized carbons (Fsp3) is 0.526. The van der Waals surface area contributed by atoms with E-state index in [1.165, 1.54) is 5.56 Å². The highest BCUT2D eigenvalue weighted by Crippen LogP contribution is 2.15. The first-order valence-electron chi connectivity index (χ1n) is 8.71. The molecule has 1 atom stereocenters. The highest BCUT2D eigenvalue weighted by molar-refractivity contribution is 5.15. The Morgan fingerprint density at radius 3 is 2.58 bits per heavy atom. The van der Waals surface area contributed by atoms with Crippen molar-refractivity contribution in [1.29, 1.82) is 0 Å². The van der Waals surface area contributed by atoms with Crippen molar-refractivity contribution in [2.45, 2.75) is 33.0 Å². The van der Waals surface area contributed by atoms with Crippen LogP contribution in [-0.4, -0.2) is 53.8 Å². The van der Waals surface area contributed by atoms with Crippen LogP contribution in [0.4, 0.5) is 0 Å². The zero-order valence-electron chi connectivity index (χ0n) is 14.6. The van der Waals surface area contributed by atoms with Crippen molar-refractivity contribution in [2.24, 2.45) is 0 Å². The quantitative estimate of drug-likeness (QED) is 0.781. The van der Waals surface area contributed by atoms with Crippen LogP contribution in [-0.2, 0) is 17.8 Å². The van der Waals surface area contributed by atoms with E-state index in [1.807, 2.05) is 13.0 Å². The van der Waals surface area contributed by atoms with Gasteiger partial charge in [0.05, 0.1) is 18.9 Å². The van der Waals surface area contributed by atoms with Gasteiger partial charge in [-0.3, -0.25) is 9.80 Å². The Labute approximate surface area is 144 Å². The zero-order valence-corrected chi connectivity index (χ0v) is 14.6. The molecule has 0 spiro atoms. The van der Waals surface area contributed by atoms with E-state index in [1.54, 1.807) is 0 Å². The van der Waals surface area contributed by atoms with Crippen LogP contribution < -0.4 is 0 Å². The minimum Gasteiger partial charge on any atom is -0.379 e. The van der Waals surface area contributed by atoms with Crippen molar-refractivity contribution in [2.75, 3.05) is 32.8 Å². The second-order valence-corrected chi connectivity index (χ2v) is 6.58. The lowest BCUT2D eigenvalue weighted by Gasteiger charge is -2.34. The molecule has 0 unspecified atom stereocenters. The molecule has 1 aromatic carbocycles. The van der Waals surface area contributed by atoms with E-state index in [-0.39, 0.29) is 0 Å². The lowest BCUT2D eigenvalue weighted by atomic mass is 10.1. The fourth-order valence-corrected chi connectivity index (χ4v) is 3.16. The number of ether oxygens (including phenoxy) is 1. The molecule has 1 fully saturated rings. The predicted molar refractivity (Wildman–Crippen MR) is 93.7 cm³/mol. The van der Waals surface area contributed by atoms with Gasteiger partial charge in [0.1, 0.15) is 5.76 Å². The third kappa shape index (κ3) is 4.90. The monoisotopic (exact) mass is 329 g/mol. The molecule has 5 heteroatoms. The van der Waals surface area contributed by atoms with Gasteiger partial charge in [0.25, 0.3) is 0 Å². The van der Waals surface area contributed by atoms with E-state index in [0.29, 0.717) is 6.04 Å². The van der Waals surface area contributed by atoms with E-state index >= 15 is 0 Å². The van der Waals surface area contributed by atoms with Gasteiger partial charge in [-0.25, -0.2) is 0 Å². The lowest BCUT2D eigenvalue weighted by Crippen LogP contribution is -2.45. The molecule has 2 aromatic rings. The molecule has 5 nitrogen and oxygen atoms in total. The molecule has 0 N–H and O–H groups in total. The van der Waals surface area contributed by atoms with Gasteiger partial charge >= 0.3 is 0 Å². The molecule has 1 aliphatic heterocycles. The Morgan fingerprint density at radius 2 is 1.92 bits per heavy atom. The Kier molecular flexibility index (Phi) is 6.01. The summed E-state index contributed by atoms with van der Waals surface area (Å²) in [5.41, 5.74) is 2.32. The normalized spacial score (nSPS) is 17.3. The van der Waals surface area contributed by atoms with Crippen molar-refractivity contribution in [3.63, 3.8) is 0 Å². The molecule has 1 aliphatic rings. The zero-order chi connectivity index (χ0) is 16.8. The van der Waals surface area contributed by atoms with E-state index in [2.05, 4.69) is 52.2 Å². The molecule has 0 radical (unpaired) electrons. The van der Waals surface area contributed by atoms with Crippen LogP contribution >= 0.6 is 0 Å². The molecule has 0 aliphatic carbocycles. The van der Waals surface area contributed by atoms with Gasteiger partial charge in [0.2, 0.25) is 0 Å². The first kappa shape index (κ1) is 17.1. The highest BCUT2D eigenvalue weighted by Gasteiger charge is 2.20. The third-order valence-corrected chi connectivity index (χ3v) is 4.52. The van der Waals surface area contributed by atoms with E-state index < -0.39 is 0 Å². The van der Waals surface area contributed by atoms with Gasteiger partial charge in [0, 0.05) is 44.8 Å². The number of hydrogen-bond donors (Lipinski definition) is 0. The van der Waals surface area contributed by atoms with Crippen molar-refractivity contribution in [1.82, 2.24) is 15.0 Å². The lowest BCUT2D eigenvalue weighted by molar-refractivity contribution is 0.0223. The average Bonchev–Trinajstić information content (AvgIpc) is 3.01. The number of rotatable bonds is 7. The van der Waals surface area contributed by atoms with Crippen LogP contribution in [0.1, 0.15) is 23.9 Å². The maximum Gasteiger partial charge on any atom is 0.133 e. The average molecular weight is 329 g/mol. The fourth-order valence-electron chi connectivity index (χ4n) is 3.16. The minimum absolute atomic E-state index is 0.431. The maximum absolute atomic E-state index is 5.46. The van der Waals surface area contributed by atoms with Gasteiger partial charge in [-0.05, 0) is 19.4 Å². The summed E-state index contributed by atoms with van der Waals surface area (Å²) in [7, 11) is 0. The summed E-state index contributed by atoms with van der Waals surface area (Å²) >= 11 is 0. The van der Waals surface area contributed by atoms with Gasteiger partial charge in [-0.2, -0.15) is 0 Å². The van der Waals surface area contributed by atoms with E-state index in [4.69, 9.17) is 9.26 Å². The largest absolute Gasteiger partial charge is 0.379 e. The Morgan fingerprint density at radius 1 is 1.17 bits per heavy atom.